The fourth-order valence-electron chi connectivity index (χ4n) is 1.43. The summed E-state index contributed by atoms with van der Waals surface area (Å²) in [6.07, 6.45) is -3.86. The lowest BCUT2D eigenvalue weighted by molar-refractivity contribution is -0.274. The zero-order valence-corrected chi connectivity index (χ0v) is 10.3. The highest BCUT2D eigenvalue weighted by atomic mass is 32.2. The summed E-state index contributed by atoms with van der Waals surface area (Å²) in [6, 6.07) is 2.37. The first-order chi connectivity index (χ1) is 9.23. The Balaban J connectivity index is 2.31. The number of benzene rings is 1. The van der Waals surface area contributed by atoms with Crippen LogP contribution in [-0.2, 0) is 4.79 Å². The molecule has 0 aromatic heterocycles. The minimum absolute atomic E-state index is 0.0309. The molecule has 0 aliphatic carbocycles. The largest absolute Gasteiger partial charge is 0.573 e. The molecule has 106 valence electrons. The second-order valence-corrected chi connectivity index (χ2v) is 4.64. The Morgan fingerprint density at radius 1 is 1.20 bits per heavy atom. The van der Waals surface area contributed by atoms with E-state index in [1.165, 1.54) is 0 Å². The summed E-state index contributed by atoms with van der Waals surface area (Å²) in [5.41, 5.74) is -0.0309. The van der Waals surface area contributed by atoms with Gasteiger partial charge in [-0.2, -0.15) is 0 Å². The van der Waals surface area contributed by atoms with E-state index in [1.54, 1.807) is 0 Å². The van der Waals surface area contributed by atoms with Crippen LogP contribution in [0.25, 0.3) is 6.08 Å². The first kappa shape index (κ1) is 14.4. The number of carbonyl (C=O) groups excluding carboxylic acids is 2. The quantitative estimate of drug-likeness (QED) is 0.674. The lowest BCUT2D eigenvalue weighted by Crippen LogP contribution is -2.18. The van der Waals surface area contributed by atoms with E-state index >= 15 is 0 Å². The van der Waals surface area contributed by atoms with Gasteiger partial charge in [-0.1, -0.05) is 0 Å². The van der Waals surface area contributed by atoms with Gasteiger partial charge in [-0.05, 0) is 35.5 Å². The topological polar surface area (TPSA) is 55.4 Å². The third kappa shape index (κ3) is 3.73. The van der Waals surface area contributed by atoms with E-state index in [9.17, 15) is 27.2 Å². The maximum absolute atomic E-state index is 13.2. The minimum Gasteiger partial charge on any atom is -0.406 e. The Kier molecular flexibility index (Phi) is 3.71. The average Bonchev–Trinajstić information content (AvgIpc) is 2.53. The van der Waals surface area contributed by atoms with Crippen LogP contribution in [0.3, 0.4) is 0 Å². The standard InChI is InChI=1S/C11H5F4NO3S/c12-6-1-5(2-7(4-6)19-11(13,14)15)3-8-9(17)16-10(18)20-8/h1-4H,(H,16,17,18). The average molecular weight is 307 g/mol. The Labute approximate surface area is 113 Å². The van der Waals surface area contributed by atoms with Crippen LogP contribution >= 0.6 is 11.8 Å². The summed E-state index contributed by atoms with van der Waals surface area (Å²) in [5, 5.41) is 1.36. The van der Waals surface area contributed by atoms with Crippen molar-refractivity contribution in [3.63, 3.8) is 0 Å². The highest BCUT2D eigenvalue weighted by molar-refractivity contribution is 8.18. The summed E-state index contributed by atoms with van der Waals surface area (Å²) in [7, 11) is 0. The molecule has 0 bridgehead atoms. The van der Waals surface area contributed by atoms with E-state index in [2.05, 4.69) is 4.74 Å². The van der Waals surface area contributed by atoms with Crippen LogP contribution in [0.5, 0.6) is 5.75 Å². The van der Waals surface area contributed by atoms with Crippen molar-refractivity contribution < 1.29 is 31.9 Å². The van der Waals surface area contributed by atoms with E-state index < -0.39 is 29.1 Å². The number of ether oxygens (including phenoxy) is 1. The minimum atomic E-state index is -4.95. The summed E-state index contributed by atoms with van der Waals surface area (Å²) < 4.78 is 52.9. The number of rotatable bonds is 2. The summed E-state index contributed by atoms with van der Waals surface area (Å²) in [6.45, 7) is 0. The normalized spacial score (nSPS) is 17.5. The summed E-state index contributed by atoms with van der Waals surface area (Å²) in [5.74, 6) is -2.41. The predicted octanol–water partition coefficient (Wildman–Crippen LogP) is 3.05. The number of alkyl halides is 3. The molecule has 1 saturated heterocycles. The molecule has 9 heteroatoms. The molecule has 4 nitrogen and oxygen atoms in total. The highest BCUT2D eigenvalue weighted by Crippen LogP contribution is 2.29. The van der Waals surface area contributed by atoms with Crippen LogP contribution in [0.2, 0.25) is 0 Å². The van der Waals surface area contributed by atoms with Gasteiger partial charge in [0.05, 0.1) is 4.91 Å². The molecule has 0 spiro atoms. The fraction of sp³-hybridized carbons (Fsp3) is 0.0909. The van der Waals surface area contributed by atoms with Crippen LogP contribution in [-0.4, -0.2) is 17.5 Å². The van der Waals surface area contributed by atoms with E-state index in [0.717, 1.165) is 18.2 Å². The van der Waals surface area contributed by atoms with Gasteiger partial charge in [-0.25, -0.2) is 4.39 Å². The SMILES string of the molecule is O=C1NC(=O)C(=Cc2cc(F)cc(OC(F)(F)F)c2)S1. The van der Waals surface area contributed by atoms with Crippen molar-refractivity contribution in [3.8, 4) is 5.75 Å². The number of nitrogens with one attached hydrogen (secondary N) is 1. The molecule has 0 saturated carbocycles. The lowest BCUT2D eigenvalue weighted by Gasteiger charge is -2.09. The van der Waals surface area contributed by atoms with Gasteiger partial charge in [0.2, 0.25) is 0 Å². The third-order valence-corrected chi connectivity index (χ3v) is 2.88. The first-order valence-electron chi connectivity index (χ1n) is 5.04. The van der Waals surface area contributed by atoms with Gasteiger partial charge in [0, 0.05) is 6.07 Å². The molecule has 1 fully saturated rings. The van der Waals surface area contributed by atoms with Gasteiger partial charge >= 0.3 is 6.36 Å². The molecular formula is C11H5F4NO3S. The maximum Gasteiger partial charge on any atom is 0.573 e. The van der Waals surface area contributed by atoms with E-state index in [-0.39, 0.29) is 10.5 Å². The molecule has 2 rings (SSSR count). The molecule has 1 aliphatic rings. The van der Waals surface area contributed by atoms with Crippen molar-refractivity contribution in [1.82, 2.24) is 5.32 Å². The number of amides is 2. The first-order valence-corrected chi connectivity index (χ1v) is 5.86. The molecule has 1 aromatic carbocycles. The number of halogens is 4. The van der Waals surface area contributed by atoms with Crippen molar-refractivity contribution >= 4 is 29.0 Å². The maximum atomic E-state index is 13.2. The molecule has 1 heterocycles. The van der Waals surface area contributed by atoms with Crippen LogP contribution < -0.4 is 10.1 Å². The molecule has 1 aromatic rings. The second kappa shape index (κ2) is 5.16. The van der Waals surface area contributed by atoms with Crippen molar-refractivity contribution in [1.29, 1.82) is 0 Å². The van der Waals surface area contributed by atoms with Gasteiger partial charge in [0.15, 0.2) is 0 Å². The van der Waals surface area contributed by atoms with Gasteiger partial charge in [-0.3, -0.25) is 14.9 Å². The zero-order chi connectivity index (χ0) is 14.9. The smallest absolute Gasteiger partial charge is 0.406 e. The van der Waals surface area contributed by atoms with E-state index in [0.29, 0.717) is 17.8 Å². The number of hydrogen-bond donors (Lipinski definition) is 1. The van der Waals surface area contributed by atoms with Gasteiger partial charge in [0.25, 0.3) is 11.1 Å². The number of imide groups is 1. The fourth-order valence-corrected chi connectivity index (χ4v) is 2.11. The second-order valence-electron chi connectivity index (χ2n) is 3.62. The molecule has 1 N–H and O–H groups in total. The predicted molar refractivity (Wildman–Crippen MR) is 62.2 cm³/mol. The molecule has 1 aliphatic heterocycles. The van der Waals surface area contributed by atoms with Crippen molar-refractivity contribution in [2.75, 3.05) is 0 Å². The number of hydrogen-bond acceptors (Lipinski definition) is 4. The molecule has 0 unspecified atom stereocenters. The molecule has 0 radical (unpaired) electrons. The Hall–Kier alpha value is -2.03. The number of thioether (sulfide) groups is 1. The molecule has 0 atom stereocenters. The van der Waals surface area contributed by atoms with Crippen LogP contribution in [0.1, 0.15) is 5.56 Å². The van der Waals surface area contributed by atoms with E-state index in [4.69, 9.17) is 0 Å². The van der Waals surface area contributed by atoms with Gasteiger partial charge in [-0.15, -0.1) is 13.2 Å². The summed E-state index contributed by atoms with van der Waals surface area (Å²) in [4.78, 5) is 22.1. The van der Waals surface area contributed by atoms with E-state index in [1.807, 2.05) is 5.32 Å². The van der Waals surface area contributed by atoms with Gasteiger partial charge < -0.3 is 4.74 Å². The van der Waals surface area contributed by atoms with Crippen LogP contribution in [0.15, 0.2) is 23.1 Å². The van der Waals surface area contributed by atoms with Gasteiger partial charge in [0.1, 0.15) is 11.6 Å². The molecular weight excluding hydrogens is 302 g/mol. The van der Waals surface area contributed by atoms with Crippen LogP contribution in [0.4, 0.5) is 22.4 Å². The third-order valence-electron chi connectivity index (χ3n) is 2.07. The number of carbonyl (C=O) groups is 2. The van der Waals surface area contributed by atoms with Crippen molar-refractivity contribution in [3.05, 3.63) is 34.5 Å². The van der Waals surface area contributed by atoms with Crippen molar-refractivity contribution in [2.24, 2.45) is 0 Å². The summed E-state index contributed by atoms with van der Waals surface area (Å²) >= 11 is 0.569. The molecule has 20 heavy (non-hydrogen) atoms. The Bertz CT molecular complexity index is 612. The monoisotopic (exact) mass is 307 g/mol. The van der Waals surface area contributed by atoms with Crippen LogP contribution in [0, 0.1) is 5.82 Å². The van der Waals surface area contributed by atoms with Crippen molar-refractivity contribution in [2.45, 2.75) is 6.36 Å². The zero-order valence-electron chi connectivity index (χ0n) is 9.45. The Morgan fingerprint density at radius 3 is 2.45 bits per heavy atom. The Morgan fingerprint density at radius 2 is 1.90 bits per heavy atom. The molecule has 2 amide bonds. The lowest BCUT2D eigenvalue weighted by atomic mass is 10.2. The highest BCUT2D eigenvalue weighted by Gasteiger charge is 2.31.